The summed E-state index contributed by atoms with van der Waals surface area (Å²) in [4.78, 5) is 3.49. The largest absolute Gasteiger partial charge is 0.496 e. The Labute approximate surface area is 194 Å². The first kappa shape index (κ1) is 22.9. The fraction of sp³-hybridized carbons (Fsp3) is 0.400. The Morgan fingerprint density at radius 1 is 1.18 bits per heavy atom. The summed E-state index contributed by atoms with van der Waals surface area (Å²) in [6.45, 7) is 0.389. The van der Waals surface area contributed by atoms with E-state index in [0.29, 0.717) is 24.5 Å². The van der Waals surface area contributed by atoms with Crippen molar-refractivity contribution in [1.82, 2.24) is 9.55 Å². The molecular formula is C25H25F4N3O2. The molecule has 1 aliphatic carbocycles. The van der Waals surface area contributed by atoms with Gasteiger partial charge in [0.1, 0.15) is 11.6 Å². The summed E-state index contributed by atoms with van der Waals surface area (Å²) in [5.41, 5.74) is 8.01. The van der Waals surface area contributed by atoms with Crippen LogP contribution >= 0.6 is 0 Å². The molecule has 180 valence electrons. The Hall–Kier alpha value is -2.91. The third kappa shape index (κ3) is 3.86. The maximum absolute atomic E-state index is 13.5. The van der Waals surface area contributed by atoms with Crippen LogP contribution in [0.25, 0.3) is 5.69 Å². The van der Waals surface area contributed by atoms with Gasteiger partial charge in [-0.05, 0) is 55.2 Å². The van der Waals surface area contributed by atoms with E-state index in [1.807, 2.05) is 0 Å². The zero-order valence-electron chi connectivity index (χ0n) is 18.6. The smallest absolute Gasteiger partial charge is 0.450 e. The van der Waals surface area contributed by atoms with Gasteiger partial charge in [-0.2, -0.15) is 13.2 Å². The molecule has 5 nitrogen and oxygen atoms in total. The molecule has 34 heavy (non-hydrogen) atoms. The molecule has 0 radical (unpaired) electrons. The Morgan fingerprint density at radius 2 is 1.94 bits per heavy atom. The summed E-state index contributed by atoms with van der Waals surface area (Å²) in [6, 6.07) is 11.2. The molecule has 4 atom stereocenters. The van der Waals surface area contributed by atoms with Crippen molar-refractivity contribution in [2.24, 2.45) is 5.73 Å². The van der Waals surface area contributed by atoms with E-state index in [2.05, 4.69) is 4.98 Å². The van der Waals surface area contributed by atoms with Gasteiger partial charge in [-0.1, -0.05) is 12.1 Å². The number of halogens is 4. The number of hydrogen-bond acceptors (Lipinski definition) is 4. The van der Waals surface area contributed by atoms with Gasteiger partial charge < -0.3 is 15.2 Å². The van der Waals surface area contributed by atoms with Gasteiger partial charge in [-0.15, -0.1) is 0 Å². The van der Waals surface area contributed by atoms with Crippen LogP contribution in [0.3, 0.4) is 0 Å². The lowest BCUT2D eigenvalue weighted by Crippen LogP contribution is -2.37. The lowest BCUT2D eigenvalue weighted by molar-refractivity contribution is -0.145. The first-order valence-electron chi connectivity index (χ1n) is 11.2. The van der Waals surface area contributed by atoms with Crippen LogP contribution in [0.2, 0.25) is 0 Å². The SMILES string of the molecule is COc1ccc(-n2ccnc2C(F)(F)F)cc1[C@H]1CO[C@]2(CC[C@H](N)C2c2ccc(F)cc2)C1. The minimum absolute atomic E-state index is 0.0963. The fourth-order valence-corrected chi connectivity index (χ4v) is 5.65. The summed E-state index contributed by atoms with van der Waals surface area (Å²) >= 11 is 0. The first-order chi connectivity index (χ1) is 16.2. The van der Waals surface area contributed by atoms with Gasteiger partial charge in [0.05, 0.1) is 19.3 Å². The minimum Gasteiger partial charge on any atom is -0.496 e. The molecule has 2 heterocycles. The maximum atomic E-state index is 13.5. The summed E-state index contributed by atoms with van der Waals surface area (Å²) in [6.07, 6.45) is 0.0185. The number of ether oxygens (including phenoxy) is 2. The quantitative estimate of drug-likeness (QED) is 0.528. The first-order valence-corrected chi connectivity index (χ1v) is 11.2. The molecule has 1 aliphatic heterocycles. The Balaban J connectivity index is 1.49. The van der Waals surface area contributed by atoms with Gasteiger partial charge in [0.15, 0.2) is 0 Å². The number of nitrogens with two attached hydrogens (primary N) is 1. The molecule has 0 bridgehead atoms. The molecule has 3 aromatic rings. The van der Waals surface area contributed by atoms with E-state index in [-0.39, 0.29) is 23.7 Å². The molecule has 1 aromatic heterocycles. The molecule has 2 aromatic carbocycles. The lowest BCUT2D eigenvalue weighted by Gasteiger charge is -2.33. The summed E-state index contributed by atoms with van der Waals surface area (Å²) in [5, 5.41) is 0. The van der Waals surface area contributed by atoms with Crippen LogP contribution in [0.4, 0.5) is 17.6 Å². The van der Waals surface area contributed by atoms with Crippen molar-refractivity contribution in [3.63, 3.8) is 0 Å². The van der Waals surface area contributed by atoms with E-state index in [9.17, 15) is 17.6 Å². The lowest BCUT2D eigenvalue weighted by atomic mass is 9.78. The van der Waals surface area contributed by atoms with Crippen molar-refractivity contribution in [2.45, 2.75) is 48.9 Å². The maximum Gasteiger partial charge on any atom is 0.450 e. The molecule has 1 saturated carbocycles. The summed E-state index contributed by atoms with van der Waals surface area (Å²) in [5.74, 6) is -0.905. The fourth-order valence-electron chi connectivity index (χ4n) is 5.65. The van der Waals surface area contributed by atoms with Crippen molar-refractivity contribution in [2.75, 3.05) is 13.7 Å². The van der Waals surface area contributed by atoms with E-state index in [1.165, 1.54) is 25.4 Å². The van der Waals surface area contributed by atoms with E-state index in [0.717, 1.165) is 34.7 Å². The predicted octanol–water partition coefficient (Wildman–Crippen LogP) is 5.19. The summed E-state index contributed by atoms with van der Waals surface area (Å²) < 4.78 is 66.8. The number of benzene rings is 2. The van der Waals surface area contributed by atoms with Gasteiger partial charge in [0.2, 0.25) is 5.82 Å². The number of imidazole rings is 1. The highest BCUT2D eigenvalue weighted by molar-refractivity contribution is 5.48. The van der Waals surface area contributed by atoms with E-state index in [1.54, 1.807) is 30.3 Å². The number of nitrogens with zero attached hydrogens (tertiary/aromatic N) is 2. The average Bonchev–Trinajstić information content (AvgIpc) is 3.54. The van der Waals surface area contributed by atoms with E-state index >= 15 is 0 Å². The number of hydrogen-bond donors (Lipinski definition) is 1. The monoisotopic (exact) mass is 475 g/mol. The third-order valence-corrected chi connectivity index (χ3v) is 7.11. The molecule has 1 spiro atoms. The third-order valence-electron chi connectivity index (χ3n) is 7.11. The number of rotatable bonds is 4. The van der Waals surface area contributed by atoms with Crippen molar-refractivity contribution in [1.29, 1.82) is 0 Å². The van der Waals surface area contributed by atoms with Gasteiger partial charge in [0.25, 0.3) is 0 Å². The Bertz CT molecular complexity index is 1180. The molecule has 5 rings (SSSR count). The van der Waals surface area contributed by atoms with Crippen LogP contribution in [0, 0.1) is 5.82 Å². The predicted molar refractivity (Wildman–Crippen MR) is 118 cm³/mol. The topological polar surface area (TPSA) is 62.3 Å². The molecule has 1 unspecified atom stereocenters. The zero-order chi connectivity index (χ0) is 24.1. The molecular weight excluding hydrogens is 450 g/mol. The van der Waals surface area contributed by atoms with Gasteiger partial charge in [0, 0.05) is 41.5 Å². The second kappa shape index (κ2) is 8.39. The van der Waals surface area contributed by atoms with Crippen LogP contribution < -0.4 is 10.5 Å². The van der Waals surface area contributed by atoms with Crippen LogP contribution in [-0.4, -0.2) is 34.9 Å². The van der Waals surface area contributed by atoms with Crippen molar-refractivity contribution in [3.8, 4) is 11.4 Å². The van der Waals surface area contributed by atoms with Crippen molar-refractivity contribution in [3.05, 3.63) is 77.6 Å². The second-order valence-corrected chi connectivity index (χ2v) is 9.05. The Morgan fingerprint density at radius 3 is 2.65 bits per heavy atom. The molecule has 9 heteroatoms. The van der Waals surface area contributed by atoms with E-state index < -0.39 is 17.6 Å². The normalized spacial score (nSPS) is 26.9. The molecule has 0 amide bonds. The minimum atomic E-state index is -4.58. The highest BCUT2D eigenvalue weighted by atomic mass is 19.4. The number of aromatic nitrogens is 2. The molecule has 1 saturated heterocycles. The van der Waals surface area contributed by atoms with Crippen LogP contribution in [0.15, 0.2) is 54.9 Å². The summed E-state index contributed by atoms with van der Waals surface area (Å²) in [7, 11) is 1.54. The molecule has 2 fully saturated rings. The molecule has 2 N–H and O–H groups in total. The van der Waals surface area contributed by atoms with Crippen LogP contribution in [0.5, 0.6) is 5.75 Å². The highest BCUT2D eigenvalue weighted by Crippen LogP contribution is 2.54. The highest BCUT2D eigenvalue weighted by Gasteiger charge is 2.53. The number of alkyl halides is 3. The van der Waals surface area contributed by atoms with Crippen LogP contribution in [-0.2, 0) is 10.9 Å². The second-order valence-electron chi connectivity index (χ2n) is 9.05. The van der Waals surface area contributed by atoms with Gasteiger partial charge >= 0.3 is 6.18 Å². The Kier molecular flexibility index (Phi) is 5.64. The average molecular weight is 475 g/mol. The van der Waals surface area contributed by atoms with E-state index in [4.69, 9.17) is 15.2 Å². The van der Waals surface area contributed by atoms with Gasteiger partial charge in [-0.25, -0.2) is 9.37 Å². The van der Waals surface area contributed by atoms with Crippen molar-refractivity contribution >= 4 is 0 Å². The number of methoxy groups -OCH3 is 1. The van der Waals surface area contributed by atoms with Crippen LogP contribution in [0.1, 0.15) is 48.0 Å². The standard InChI is InChI=1S/C25H25F4N3O2/c1-33-21-7-6-18(32-11-10-31-23(32)25(27,28)29)12-19(21)16-13-24(34-14-16)9-8-20(30)22(24)15-2-4-17(26)5-3-15/h2-7,10-12,16,20,22H,8-9,13-14,30H2,1H3/t16-,20+,22?,24-/m1/s1. The zero-order valence-corrected chi connectivity index (χ0v) is 18.6. The van der Waals surface area contributed by atoms with Gasteiger partial charge in [-0.3, -0.25) is 4.57 Å². The molecule has 2 aliphatic rings. The van der Waals surface area contributed by atoms with Crippen molar-refractivity contribution < 1.29 is 27.0 Å².